The molecule has 0 aliphatic heterocycles. The minimum atomic E-state index is -0.611. The Morgan fingerprint density at radius 1 is 1.67 bits per heavy atom. The standard InChI is InChI=1S/C9H15N3O3/c1-14-9(3-2-4-9)8-11-7(15-12-8)6(10)5-13/h6,13H,2-5,10H2,1H3/t6-/m0/s1. The van der Waals surface area contributed by atoms with Crippen LogP contribution in [0.25, 0.3) is 0 Å². The number of rotatable bonds is 4. The van der Waals surface area contributed by atoms with Crippen LogP contribution in [0.15, 0.2) is 4.52 Å². The molecular weight excluding hydrogens is 198 g/mol. The molecule has 84 valence electrons. The van der Waals surface area contributed by atoms with Gasteiger partial charge in [0.1, 0.15) is 11.6 Å². The van der Waals surface area contributed by atoms with Gasteiger partial charge in [0.2, 0.25) is 11.7 Å². The highest BCUT2D eigenvalue weighted by atomic mass is 16.5. The van der Waals surface area contributed by atoms with Crippen LogP contribution in [0.2, 0.25) is 0 Å². The van der Waals surface area contributed by atoms with Crippen molar-refractivity contribution in [2.45, 2.75) is 30.9 Å². The summed E-state index contributed by atoms with van der Waals surface area (Å²) in [6.07, 6.45) is 2.90. The molecule has 2 rings (SSSR count). The molecule has 0 spiro atoms. The van der Waals surface area contributed by atoms with Gasteiger partial charge in [-0.3, -0.25) is 0 Å². The van der Waals surface area contributed by atoms with Crippen molar-refractivity contribution in [2.24, 2.45) is 5.73 Å². The van der Waals surface area contributed by atoms with Gasteiger partial charge in [-0.2, -0.15) is 4.98 Å². The molecule has 6 nitrogen and oxygen atoms in total. The second-order valence-electron chi connectivity index (χ2n) is 3.80. The summed E-state index contributed by atoms with van der Waals surface area (Å²) in [6, 6.07) is -0.611. The summed E-state index contributed by atoms with van der Waals surface area (Å²) >= 11 is 0. The molecule has 1 aliphatic carbocycles. The van der Waals surface area contributed by atoms with Crippen LogP contribution in [-0.2, 0) is 10.3 Å². The second-order valence-corrected chi connectivity index (χ2v) is 3.80. The number of hydrogen-bond acceptors (Lipinski definition) is 6. The lowest BCUT2D eigenvalue weighted by Gasteiger charge is -2.37. The van der Waals surface area contributed by atoms with E-state index in [1.54, 1.807) is 7.11 Å². The maximum Gasteiger partial charge on any atom is 0.246 e. The fourth-order valence-corrected chi connectivity index (χ4v) is 1.67. The minimum Gasteiger partial charge on any atom is -0.394 e. The van der Waals surface area contributed by atoms with Crippen molar-refractivity contribution in [3.05, 3.63) is 11.7 Å². The molecular formula is C9H15N3O3. The zero-order valence-electron chi connectivity index (χ0n) is 8.64. The van der Waals surface area contributed by atoms with E-state index < -0.39 is 11.6 Å². The van der Waals surface area contributed by atoms with Crippen LogP contribution in [0.5, 0.6) is 0 Å². The summed E-state index contributed by atoms with van der Waals surface area (Å²) in [5.41, 5.74) is 5.17. The van der Waals surface area contributed by atoms with E-state index in [0.717, 1.165) is 19.3 Å². The van der Waals surface area contributed by atoms with Crippen LogP contribution in [0.4, 0.5) is 0 Å². The van der Waals surface area contributed by atoms with Crippen LogP contribution in [0, 0.1) is 0 Å². The first-order chi connectivity index (χ1) is 7.22. The molecule has 0 amide bonds. The van der Waals surface area contributed by atoms with Crippen molar-refractivity contribution in [3.63, 3.8) is 0 Å². The van der Waals surface area contributed by atoms with Crippen LogP contribution >= 0.6 is 0 Å². The van der Waals surface area contributed by atoms with Gasteiger partial charge < -0.3 is 20.1 Å². The van der Waals surface area contributed by atoms with Crippen molar-refractivity contribution >= 4 is 0 Å². The number of aromatic nitrogens is 2. The van der Waals surface area contributed by atoms with E-state index >= 15 is 0 Å². The lowest BCUT2D eigenvalue weighted by molar-refractivity contribution is -0.0858. The normalized spacial score (nSPS) is 21.0. The molecule has 1 heterocycles. The van der Waals surface area contributed by atoms with Crippen molar-refractivity contribution in [1.29, 1.82) is 0 Å². The Morgan fingerprint density at radius 3 is 2.87 bits per heavy atom. The molecule has 0 bridgehead atoms. The number of hydrogen-bond donors (Lipinski definition) is 2. The molecule has 6 heteroatoms. The van der Waals surface area contributed by atoms with Crippen molar-refractivity contribution in [2.75, 3.05) is 13.7 Å². The molecule has 3 N–H and O–H groups in total. The van der Waals surface area contributed by atoms with Gasteiger partial charge in [0.05, 0.1) is 6.61 Å². The summed E-state index contributed by atoms with van der Waals surface area (Å²) < 4.78 is 10.4. The zero-order chi connectivity index (χ0) is 10.9. The third-order valence-corrected chi connectivity index (χ3v) is 2.92. The van der Waals surface area contributed by atoms with Gasteiger partial charge in [-0.25, -0.2) is 0 Å². The Bertz CT molecular complexity index is 330. The van der Waals surface area contributed by atoms with Gasteiger partial charge in [-0.15, -0.1) is 0 Å². The molecule has 1 fully saturated rings. The van der Waals surface area contributed by atoms with Gasteiger partial charge in [-0.1, -0.05) is 5.16 Å². The third-order valence-electron chi connectivity index (χ3n) is 2.92. The van der Waals surface area contributed by atoms with Crippen LogP contribution in [0.1, 0.15) is 37.0 Å². The Balaban J connectivity index is 2.19. The number of nitrogens with two attached hydrogens (primary N) is 1. The molecule has 1 aromatic rings. The van der Waals surface area contributed by atoms with Gasteiger partial charge in [0.15, 0.2) is 0 Å². The highest BCUT2D eigenvalue weighted by Crippen LogP contribution is 2.42. The summed E-state index contributed by atoms with van der Waals surface area (Å²) in [5, 5.41) is 12.7. The summed E-state index contributed by atoms with van der Waals surface area (Å²) in [6.45, 7) is -0.207. The Kier molecular flexibility index (Phi) is 2.72. The first-order valence-corrected chi connectivity index (χ1v) is 4.97. The molecule has 1 aliphatic rings. The predicted molar refractivity (Wildman–Crippen MR) is 50.9 cm³/mol. The Morgan fingerprint density at radius 2 is 2.40 bits per heavy atom. The van der Waals surface area contributed by atoms with Gasteiger partial charge in [-0.05, 0) is 19.3 Å². The van der Waals surface area contributed by atoms with Crippen molar-refractivity contribution in [3.8, 4) is 0 Å². The average molecular weight is 213 g/mol. The molecule has 1 atom stereocenters. The Labute approximate surface area is 87.4 Å². The molecule has 1 saturated carbocycles. The molecule has 0 aromatic carbocycles. The molecule has 0 saturated heterocycles. The topological polar surface area (TPSA) is 94.4 Å². The van der Waals surface area contributed by atoms with Crippen LogP contribution in [0.3, 0.4) is 0 Å². The largest absolute Gasteiger partial charge is 0.394 e. The lowest BCUT2D eigenvalue weighted by Crippen LogP contribution is -2.37. The smallest absolute Gasteiger partial charge is 0.246 e. The fourth-order valence-electron chi connectivity index (χ4n) is 1.67. The lowest BCUT2D eigenvalue weighted by atomic mass is 9.79. The van der Waals surface area contributed by atoms with Crippen molar-refractivity contribution in [1.82, 2.24) is 10.1 Å². The predicted octanol–water partition coefficient (Wildman–Crippen LogP) is 0.0873. The number of aliphatic hydroxyl groups is 1. The van der Waals surface area contributed by atoms with E-state index in [4.69, 9.17) is 20.1 Å². The van der Waals surface area contributed by atoms with Gasteiger partial charge in [0.25, 0.3) is 0 Å². The maximum atomic E-state index is 8.84. The first-order valence-electron chi connectivity index (χ1n) is 4.97. The summed E-state index contributed by atoms with van der Waals surface area (Å²) in [4.78, 5) is 4.16. The Hall–Kier alpha value is -0.980. The van der Waals surface area contributed by atoms with E-state index in [1.807, 2.05) is 0 Å². The third kappa shape index (κ3) is 1.64. The monoisotopic (exact) mass is 213 g/mol. The van der Waals surface area contributed by atoms with Crippen LogP contribution < -0.4 is 5.73 Å². The molecule has 1 aromatic heterocycles. The first kappa shape index (κ1) is 10.5. The molecule has 15 heavy (non-hydrogen) atoms. The van der Waals surface area contributed by atoms with E-state index in [-0.39, 0.29) is 12.5 Å². The van der Waals surface area contributed by atoms with E-state index in [2.05, 4.69) is 10.1 Å². The number of methoxy groups -OCH3 is 1. The highest BCUT2D eigenvalue weighted by molar-refractivity contribution is 5.07. The average Bonchev–Trinajstić information content (AvgIpc) is 2.65. The SMILES string of the molecule is COC1(c2noc([C@@H](N)CO)n2)CCC1. The molecule has 0 unspecified atom stereocenters. The van der Waals surface area contributed by atoms with Crippen LogP contribution in [-0.4, -0.2) is 29.0 Å². The number of aliphatic hydroxyl groups excluding tert-OH is 1. The van der Waals surface area contributed by atoms with E-state index in [0.29, 0.717) is 5.82 Å². The minimum absolute atomic E-state index is 0.207. The maximum absolute atomic E-state index is 8.84. The quantitative estimate of drug-likeness (QED) is 0.736. The van der Waals surface area contributed by atoms with Crippen molar-refractivity contribution < 1.29 is 14.4 Å². The fraction of sp³-hybridized carbons (Fsp3) is 0.778. The van der Waals surface area contributed by atoms with Gasteiger partial charge >= 0.3 is 0 Å². The van der Waals surface area contributed by atoms with E-state index in [9.17, 15) is 0 Å². The highest BCUT2D eigenvalue weighted by Gasteiger charge is 2.43. The number of ether oxygens (including phenoxy) is 1. The molecule has 0 radical (unpaired) electrons. The summed E-state index contributed by atoms with van der Waals surface area (Å²) in [5.74, 6) is 0.797. The summed E-state index contributed by atoms with van der Waals surface area (Å²) in [7, 11) is 1.64. The van der Waals surface area contributed by atoms with E-state index in [1.165, 1.54) is 0 Å². The second kappa shape index (κ2) is 3.88. The van der Waals surface area contributed by atoms with Gasteiger partial charge in [0, 0.05) is 7.11 Å². The zero-order valence-corrected chi connectivity index (χ0v) is 8.64. The number of nitrogens with zero attached hydrogens (tertiary/aromatic N) is 2.